The van der Waals surface area contributed by atoms with E-state index >= 15 is 0 Å². The van der Waals surface area contributed by atoms with Crippen LogP contribution in [0.3, 0.4) is 0 Å². The minimum Gasteiger partial charge on any atom is -0.436 e. The van der Waals surface area contributed by atoms with Gasteiger partial charge in [0.2, 0.25) is 5.89 Å². The summed E-state index contributed by atoms with van der Waals surface area (Å²) in [4.78, 5) is 5.03. The average molecular weight is 604 g/mol. The molecule has 9 rings (SSSR count). The number of hydrogen-bond acceptors (Lipinski definition) is 2. The molecule has 2 nitrogen and oxygen atoms in total. The Labute approximate surface area is 275 Å². The predicted molar refractivity (Wildman–Crippen MR) is 194 cm³/mol. The van der Waals surface area contributed by atoms with Crippen molar-refractivity contribution in [3.05, 3.63) is 186 Å². The van der Waals surface area contributed by atoms with Gasteiger partial charge >= 0.3 is 0 Å². The first-order valence-electron chi connectivity index (χ1n) is 16.3. The third-order valence-corrected chi connectivity index (χ3v) is 10.0. The Morgan fingerprint density at radius 1 is 0.511 bits per heavy atom. The van der Waals surface area contributed by atoms with Crippen LogP contribution < -0.4 is 0 Å². The zero-order chi connectivity index (χ0) is 31.5. The standard InChI is InChI=1S/C45H33NO/c1-45(2)39-23-12-11-21-35(39)36-25-24-33(27-40(36)45)42(32-19-13-18-31(26-32)29-14-5-3-6-15-29)38-28-41-43(37-22-10-9-20-34(37)38)46-44(47-41)30-16-7-4-8-17-30/h3-28,42H,1-2H3. The van der Waals surface area contributed by atoms with Gasteiger partial charge in [0, 0.05) is 22.3 Å². The molecule has 224 valence electrons. The Bertz CT molecular complexity index is 2440. The second-order valence-electron chi connectivity index (χ2n) is 13.1. The van der Waals surface area contributed by atoms with Crippen LogP contribution in [-0.2, 0) is 5.41 Å². The van der Waals surface area contributed by atoms with E-state index in [1.54, 1.807) is 0 Å². The summed E-state index contributed by atoms with van der Waals surface area (Å²) in [5.41, 5.74) is 14.1. The Morgan fingerprint density at radius 2 is 1.15 bits per heavy atom. The van der Waals surface area contributed by atoms with Crippen LogP contribution in [0, 0.1) is 0 Å². The SMILES string of the molecule is CC1(C)c2ccccc2-c2ccc(C(c3cccc(-c4ccccc4)c3)c3cc4oc(-c5ccccc5)nc4c4ccccc34)cc21. The van der Waals surface area contributed by atoms with Gasteiger partial charge in [0.15, 0.2) is 5.58 Å². The molecule has 1 aliphatic carbocycles. The molecular formula is C45H33NO. The quantitative estimate of drug-likeness (QED) is 0.183. The summed E-state index contributed by atoms with van der Waals surface area (Å²) < 4.78 is 6.56. The van der Waals surface area contributed by atoms with E-state index in [9.17, 15) is 0 Å². The highest BCUT2D eigenvalue weighted by Crippen LogP contribution is 2.50. The van der Waals surface area contributed by atoms with Gasteiger partial charge in [-0.1, -0.05) is 153 Å². The van der Waals surface area contributed by atoms with Gasteiger partial charge in [-0.2, -0.15) is 0 Å². The lowest BCUT2D eigenvalue weighted by molar-refractivity contribution is 0.619. The molecular weight excluding hydrogens is 571 g/mol. The molecule has 0 spiro atoms. The van der Waals surface area contributed by atoms with E-state index in [4.69, 9.17) is 9.40 Å². The molecule has 0 saturated carbocycles. The molecule has 2 heteroatoms. The molecule has 1 atom stereocenters. The fraction of sp³-hybridized carbons (Fsp3) is 0.0889. The number of oxazole rings is 1. The molecule has 0 N–H and O–H groups in total. The van der Waals surface area contributed by atoms with Crippen LogP contribution in [0.4, 0.5) is 0 Å². The molecule has 1 unspecified atom stereocenters. The van der Waals surface area contributed by atoms with Crippen molar-refractivity contribution in [1.82, 2.24) is 4.98 Å². The van der Waals surface area contributed by atoms with E-state index in [1.807, 2.05) is 18.2 Å². The summed E-state index contributed by atoms with van der Waals surface area (Å²) in [6.07, 6.45) is 0. The summed E-state index contributed by atoms with van der Waals surface area (Å²) in [6, 6.07) is 56.8. The molecule has 1 heterocycles. The first kappa shape index (κ1) is 27.6. The van der Waals surface area contributed by atoms with E-state index < -0.39 is 0 Å². The number of benzene rings is 7. The maximum Gasteiger partial charge on any atom is 0.227 e. The number of hydrogen-bond donors (Lipinski definition) is 0. The fourth-order valence-electron chi connectivity index (χ4n) is 7.71. The lowest BCUT2D eigenvalue weighted by Gasteiger charge is -2.25. The zero-order valence-corrected chi connectivity index (χ0v) is 26.4. The van der Waals surface area contributed by atoms with E-state index in [2.05, 4.69) is 153 Å². The van der Waals surface area contributed by atoms with Crippen molar-refractivity contribution in [3.63, 3.8) is 0 Å². The predicted octanol–water partition coefficient (Wildman–Crippen LogP) is 11.8. The van der Waals surface area contributed by atoms with Gasteiger partial charge in [0.05, 0.1) is 0 Å². The Morgan fingerprint density at radius 3 is 1.96 bits per heavy atom. The van der Waals surface area contributed by atoms with Crippen molar-refractivity contribution >= 4 is 21.9 Å². The van der Waals surface area contributed by atoms with Crippen LogP contribution in [0.2, 0.25) is 0 Å². The molecule has 0 radical (unpaired) electrons. The number of fused-ring (bicyclic) bond motifs is 6. The van der Waals surface area contributed by atoms with Crippen molar-refractivity contribution < 1.29 is 4.42 Å². The summed E-state index contributed by atoms with van der Waals surface area (Å²) in [7, 11) is 0. The largest absolute Gasteiger partial charge is 0.436 e. The molecule has 8 aromatic rings. The monoisotopic (exact) mass is 603 g/mol. The molecule has 0 fully saturated rings. The minimum absolute atomic E-state index is 0.0388. The van der Waals surface area contributed by atoms with Crippen LogP contribution in [0.25, 0.3) is 55.6 Å². The van der Waals surface area contributed by atoms with Gasteiger partial charge < -0.3 is 4.42 Å². The van der Waals surface area contributed by atoms with Crippen molar-refractivity contribution in [2.75, 3.05) is 0 Å². The lowest BCUT2D eigenvalue weighted by atomic mass is 9.78. The first-order chi connectivity index (χ1) is 23.1. The van der Waals surface area contributed by atoms with Gasteiger partial charge in [0.1, 0.15) is 5.52 Å². The molecule has 7 aromatic carbocycles. The summed E-state index contributed by atoms with van der Waals surface area (Å²) in [5.74, 6) is 0.602. The summed E-state index contributed by atoms with van der Waals surface area (Å²) >= 11 is 0. The van der Waals surface area contributed by atoms with Gasteiger partial charge in [-0.3, -0.25) is 0 Å². The van der Waals surface area contributed by atoms with E-state index in [-0.39, 0.29) is 11.3 Å². The number of nitrogens with zero attached hydrogens (tertiary/aromatic N) is 1. The molecule has 0 bridgehead atoms. The fourth-order valence-corrected chi connectivity index (χ4v) is 7.71. The summed E-state index contributed by atoms with van der Waals surface area (Å²) in [5, 5.41) is 2.29. The second-order valence-corrected chi connectivity index (χ2v) is 13.1. The smallest absolute Gasteiger partial charge is 0.227 e. The van der Waals surface area contributed by atoms with Gasteiger partial charge in [-0.05, 0) is 73.7 Å². The van der Waals surface area contributed by atoms with E-state index in [0.717, 1.165) is 22.0 Å². The highest BCUT2D eigenvalue weighted by Gasteiger charge is 2.36. The second kappa shape index (κ2) is 10.7. The Kier molecular flexibility index (Phi) is 6.26. The third-order valence-electron chi connectivity index (χ3n) is 10.0. The number of rotatable bonds is 5. The normalized spacial score (nSPS) is 13.8. The van der Waals surface area contributed by atoms with Crippen molar-refractivity contribution in [2.45, 2.75) is 25.2 Å². The van der Waals surface area contributed by atoms with Crippen LogP contribution in [0.5, 0.6) is 0 Å². The third kappa shape index (κ3) is 4.44. The Hall–Kier alpha value is -5.73. The molecule has 0 saturated heterocycles. The van der Waals surface area contributed by atoms with Crippen molar-refractivity contribution in [1.29, 1.82) is 0 Å². The van der Waals surface area contributed by atoms with Crippen LogP contribution in [0.1, 0.15) is 47.6 Å². The molecule has 1 aromatic heterocycles. The average Bonchev–Trinajstić information content (AvgIpc) is 3.66. The molecule has 0 amide bonds. The summed E-state index contributed by atoms with van der Waals surface area (Å²) in [6.45, 7) is 4.71. The molecule has 1 aliphatic rings. The van der Waals surface area contributed by atoms with Crippen molar-refractivity contribution in [3.8, 4) is 33.7 Å². The van der Waals surface area contributed by atoms with Gasteiger partial charge in [0.25, 0.3) is 0 Å². The van der Waals surface area contributed by atoms with E-state index in [0.29, 0.717) is 5.89 Å². The lowest BCUT2D eigenvalue weighted by Crippen LogP contribution is -2.16. The van der Waals surface area contributed by atoms with Crippen molar-refractivity contribution in [2.24, 2.45) is 0 Å². The molecule has 47 heavy (non-hydrogen) atoms. The minimum atomic E-state index is -0.0973. The van der Waals surface area contributed by atoms with Crippen LogP contribution in [0.15, 0.2) is 162 Å². The van der Waals surface area contributed by atoms with Crippen LogP contribution in [-0.4, -0.2) is 4.98 Å². The van der Waals surface area contributed by atoms with E-state index in [1.165, 1.54) is 55.5 Å². The Balaban J connectivity index is 1.30. The molecule has 0 aliphatic heterocycles. The van der Waals surface area contributed by atoms with Gasteiger partial charge in [-0.25, -0.2) is 4.98 Å². The highest BCUT2D eigenvalue weighted by molar-refractivity contribution is 6.06. The maximum atomic E-state index is 6.56. The first-order valence-corrected chi connectivity index (χ1v) is 16.3. The maximum absolute atomic E-state index is 6.56. The number of aromatic nitrogens is 1. The highest BCUT2D eigenvalue weighted by atomic mass is 16.3. The topological polar surface area (TPSA) is 26.0 Å². The zero-order valence-electron chi connectivity index (χ0n) is 26.4. The van der Waals surface area contributed by atoms with Crippen LogP contribution >= 0.6 is 0 Å². The van der Waals surface area contributed by atoms with Gasteiger partial charge in [-0.15, -0.1) is 0 Å².